The maximum Gasteiger partial charge on any atom is 0.454 e. The Morgan fingerprint density at radius 3 is 2.00 bits per heavy atom. The van der Waals surface area contributed by atoms with Gasteiger partial charge in [-0.1, -0.05) is 74.5 Å². The molecular weight excluding hydrogens is 515 g/mol. The van der Waals surface area contributed by atoms with E-state index in [-0.39, 0.29) is 23.4 Å². The first-order valence-corrected chi connectivity index (χ1v) is 12.3. The van der Waals surface area contributed by atoms with E-state index in [2.05, 4.69) is 0 Å². The van der Waals surface area contributed by atoms with Crippen LogP contribution in [0.4, 0.5) is 18.0 Å². The first-order valence-electron chi connectivity index (χ1n) is 12.3. The van der Waals surface area contributed by atoms with Crippen LogP contribution < -0.4 is 5.73 Å². The van der Waals surface area contributed by atoms with Crippen molar-refractivity contribution in [3.05, 3.63) is 78.0 Å². The molecule has 0 radical (unpaired) electrons. The first-order chi connectivity index (χ1) is 18.3. The van der Waals surface area contributed by atoms with E-state index in [4.69, 9.17) is 10.5 Å². The molecule has 2 aromatic rings. The summed E-state index contributed by atoms with van der Waals surface area (Å²) >= 11 is 0. The number of alkyl halides is 3. The van der Waals surface area contributed by atoms with Crippen LogP contribution in [0.15, 0.2) is 66.9 Å². The van der Waals surface area contributed by atoms with Crippen LogP contribution in [0.3, 0.4) is 0 Å². The van der Waals surface area contributed by atoms with Crippen LogP contribution in [-0.4, -0.2) is 57.9 Å². The van der Waals surface area contributed by atoms with Crippen LogP contribution in [-0.2, 0) is 19.1 Å². The fourth-order valence-electron chi connectivity index (χ4n) is 4.84. The zero-order valence-electron chi connectivity index (χ0n) is 21.9. The number of nitrogens with two attached hydrogens (primary N) is 1. The summed E-state index contributed by atoms with van der Waals surface area (Å²) in [6.07, 6.45) is -5.29. The number of amides is 2. The Bertz CT molecular complexity index is 1260. The summed E-state index contributed by atoms with van der Waals surface area (Å²) in [7, 11) is 0. The lowest BCUT2D eigenvalue weighted by Gasteiger charge is -2.50. The van der Waals surface area contributed by atoms with Gasteiger partial charge in [-0.15, -0.1) is 0 Å². The average molecular weight is 546 g/mol. The number of rotatable bonds is 8. The highest BCUT2D eigenvalue weighted by Gasteiger charge is 2.63. The molecule has 0 saturated heterocycles. The molecule has 0 aliphatic carbocycles. The summed E-state index contributed by atoms with van der Waals surface area (Å²) in [6, 6.07) is 13.6. The van der Waals surface area contributed by atoms with Gasteiger partial charge < -0.3 is 10.5 Å². The van der Waals surface area contributed by atoms with Gasteiger partial charge in [-0.05, 0) is 30.9 Å². The maximum absolute atomic E-state index is 14.3. The molecule has 0 aromatic heterocycles. The molecule has 2 N–H and O–H groups in total. The van der Waals surface area contributed by atoms with Crippen molar-refractivity contribution in [3.8, 4) is 0 Å². The number of benzene rings is 2. The van der Waals surface area contributed by atoms with Gasteiger partial charge in [0.2, 0.25) is 0 Å². The molecule has 1 aliphatic rings. The Kier molecular flexibility index (Phi) is 8.64. The summed E-state index contributed by atoms with van der Waals surface area (Å²) in [6.45, 7) is 5.70. The molecule has 3 rings (SSSR count). The third kappa shape index (κ3) is 5.58. The van der Waals surface area contributed by atoms with Gasteiger partial charge in [0.05, 0.1) is 18.2 Å². The molecule has 11 heteroatoms. The van der Waals surface area contributed by atoms with Gasteiger partial charge in [0.1, 0.15) is 11.8 Å². The lowest BCUT2D eigenvalue weighted by Crippen LogP contribution is -2.73. The van der Waals surface area contributed by atoms with Crippen molar-refractivity contribution in [2.24, 2.45) is 11.7 Å². The number of hydrogen-bond donors (Lipinski definition) is 1. The summed E-state index contributed by atoms with van der Waals surface area (Å²) in [5, 5.41) is 0. The third-order valence-electron chi connectivity index (χ3n) is 6.43. The predicted molar refractivity (Wildman–Crippen MR) is 137 cm³/mol. The van der Waals surface area contributed by atoms with Gasteiger partial charge in [-0.3, -0.25) is 24.2 Å². The van der Waals surface area contributed by atoms with Gasteiger partial charge in [0.25, 0.3) is 11.7 Å². The van der Waals surface area contributed by atoms with E-state index in [1.165, 1.54) is 36.4 Å². The van der Waals surface area contributed by atoms with Gasteiger partial charge >= 0.3 is 12.3 Å². The molecule has 39 heavy (non-hydrogen) atoms. The molecule has 3 unspecified atom stereocenters. The van der Waals surface area contributed by atoms with E-state index in [0.717, 1.165) is 18.0 Å². The second kappa shape index (κ2) is 11.4. The molecule has 2 amide bonds. The van der Waals surface area contributed by atoms with Crippen LogP contribution in [0.25, 0.3) is 5.70 Å². The minimum absolute atomic E-state index is 0.0132. The minimum atomic E-state index is -5.52. The lowest BCUT2D eigenvalue weighted by atomic mass is 9.77. The normalized spacial score (nSPS) is 18.3. The highest BCUT2D eigenvalue weighted by molar-refractivity contribution is 6.07. The summed E-state index contributed by atoms with van der Waals surface area (Å²) in [5.41, 5.74) is 3.17. The van der Waals surface area contributed by atoms with Crippen molar-refractivity contribution >= 4 is 29.3 Å². The van der Waals surface area contributed by atoms with E-state index in [0.29, 0.717) is 4.90 Å². The largest absolute Gasteiger partial charge is 0.454 e. The molecular formula is C28H30F3N3O5. The van der Waals surface area contributed by atoms with E-state index < -0.39 is 53.3 Å². The van der Waals surface area contributed by atoms with Crippen LogP contribution in [0.5, 0.6) is 0 Å². The Labute approximate surface area is 224 Å². The SMILES string of the molecule is CCOC(=O)N1C=C(c2ccccc2)N(C(N)(C(=O)C(F)(F)F)C(C(C)=O)c2ccccc2)C(=O)C1C(C)C. The number of Topliss-reactive ketones (excluding diaryl/α,β-unsaturated/α-hetero) is 2. The Balaban J connectivity index is 2.45. The zero-order chi connectivity index (χ0) is 29.1. The van der Waals surface area contributed by atoms with Crippen LogP contribution in [0, 0.1) is 5.92 Å². The summed E-state index contributed by atoms with van der Waals surface area (Å²) < 4.78 is 47.9. The number of nitrogens with zero attached hydrogens (tertiary/aromatic N) is 2. The van der Waals surface area contributed by atoms with E-state index in [1.807, 2.05) is 0 Å². The molecule has 0 spiro atoms. The highest BCUT2D eigenvalue weighted by atomic mass is 19.4. The van der Waals surface area contributed by atoms with Crippen LogP contribution in [0.2, 0.25) is 0 Å². The van der Waals surface area contributed by atoms with Crippen molar-refractivity contribution in [2.75, 3.05) is 6.61 Å². The fraction of sp³-hybridized carbons (Fsp3) is 0.357. The third-order valence-corrected chi connectivity index (χ3v) is 6.43. The van der Waals surface area contributed by atoms with Gasteiger partial charge in [-0.25, -0.2) is 4.79 Å². The molecule has 1 aliphatic heterocycles. The highest BCUT2D eigenvalue weighted by Crippen LogP contribution is 2.43. The number of ether oxygens (including phenoxy) is 1. The fourth-order valence-corrected chi connectivity index (χ4v) is 4.84. The number of ketones is 2. The summed E-state index contributed by atoms with van der Waals surface area (Å²) in [5.74, 6) is -6.96. The predicted octanol–water partition coefficient (Wildman–Crippen LogP) is 4.47. The molecule has 0 bridgehead atoms. The molecule has 2 aromatic carbocycles. The van der Waals surface area contributed by atoms with Gasteiger partial charge in [0, 0.05) is 6.20 Å². The average Bonchev–Trinajstić information content (AvgIpc) is 2.87. The Hall–Kier alpha value is -3.99. The van der Waals surface area contributed by atoms with E-state index in [9.17, 15) is 32.3 Å². The number of carbonyl (C=O) groups is 4. The minimum Gasteiger partial charge on any atom is -0.449 e. The summed E-state index contributed by atoms with van der Waals surface area (Å²) in [4.78, 5) is 55.0. The van der Waals surface area contributed by atoms with Gasteiger partial charge in [-0.2, -0.15) is 13.2 Å². The van der Waals surface area contributed by atoms with Crippen molar-refractivity contribution in [2.45, 2.75) is 51.5 Å². The smallest absolute Gasteiger partial charge is 0.449 e. The monoisotopic (exact) mass is 545 g/mol. The molecule has 0 fully saturated rings. The molecule has 8 nitrogen and oxygen atoms in total. The molecule has 208 valence electrons. The molecule has 0 saturated carbocycles. The van der Waals surface area contributed by atoms with Crippen molar-refractivity contribution in [3.63, 3.8) is 0 Å². The Morgan fingerprint density at radius 1 is 1.00 bits per heavy atom. The van der Waals surface area contributed by atoms with Gasteiger partial charge in [0.15, 0.2) is 5.66 Å². The second-order valence-corrected chi connectivity index (χ2v) is 9.46. The molecule has 3 atom stereocenters. The quantitative estimate of drug-likeness (QED) is 0.524. The second-order valence-electron chi connectivity index (χ2n) is 9.46. The van der Waals surface area contributed by atoms with Crippen molar-refractivity contribution < 1.29 is 37.1 Å². The van der Waals surface area contributed by atoms with Crippen molar-refractivity contribution in [1.29, 1.82) is 0 Å². The Morgan fingerprint density at radius 2 is 1.54 bits per heavy atom. The van der Waals surface area contributed by atoms with E-state index >= 15 is 0 Å². The van der Waals surface area contributed by atoms with E-state index in [1.54, 1.807) is 45.0 Å². The topological polar surface area (TPSA) is 110 Å². The van der Waals surface area contributed by atoms with Crippen LogP contribution >= 0.6 is 0 Å². The number of carbonyl (C=O) groups excluding carboxylic acids is 4. The lowest BCUT2D eigenvalue weighted by molar-refractivity contribution is -0.186. The standard InChI is InChI=1S/C28H30F3N3O5/c1-5-39-26(38)33-16-21(19-12-8-6-9-13-19)34(24(36)23(33)17(2)3)27(32,25(37)28(29,30)31)22(18(4)35)20-14-10-7-11-15-20/h6-17,22-23H,5,32H2,1-4H3. The number of halogens is 3. The maximum atomic E-state index is 14.3. The molecule has 1 heterocycles. The first kappa shape index (κ1) is 29.6. The van der Waals surface area contributed by atoms with Crippen molar-refractivity contribution in [1.82, 2.24) is 9.80 Å². The zero-order valence-corrected chi connectivity index (χ0v) is 21.9. The van der Waals surface area contributed by atoms with Crippen LogP contribution in [0.1, 0.15) is 44.7 Å². The number of hydrogen-bond acceptors (Lipinski definition) is 6.